The SMILES string of the molecule is COC(=O)c1cc(OC)cc2oc(-c3ccc(F)cc3)c(-c3cc(OC)cc(OC)c3)c12. The quantitative estimate of drug-likeness (QED) is 0.360. The standard InChI is InChI=1S/C25H21FO6/c1-28-17-9-15(10-18(11-17)29-2)22-23-20(25(27)31-4)12-19(30-3)13-21(23)32-24(22)14-5-7-16(26)8-6-14/h5-13H,1-4H3. The maximum Gasteiger partial charge on any atom is 0.338 e. The van der Waals surface area contributed by atoms with Crippen molar-refractivity contribution >= 4 is 16.9 Å². The summed E-state index contributed by atoms with van der Waals surface area (Å²) in [5.74, 6) is 1.10. The van der Waals surface area contributed by atoms with Gasteiger partial charge in [0.05, 0.1) is 34.0 Å². The Morgan fingerprint density at radius 3 is 1.94 bits per heavy atom. The number of fused-ring (bicyclic) bond motifs is 1. The van der Waals surface area contributed by atoms with Gasteiger partial charge in [-0.15, -0.1) is 0 Å². The van der Waals surface area contributed by atoms with Crippen molar-refractivity contribution in [1.82, 2.24) is 0 Å². The zero-order chi connectivity index (χ0) is 22.8. The second-order valence-electron chi connectivity index (χ2n) is 6.95. The molecule has 4 rings (SSSR count). The molecule has 1 heterocycles. The first-order valence-corrected chi connectivity index (χ1v) is 9.71. The van der Waals surface area contributed by atoms with Crippen molar-refractivity contribution < 1.29 is 32.5 Å². The van der Waals surface area contributed by atoms with Gasteiger partial charge in [0.15, 0.2) is 0 Å². The van der Waals surface area contributed by atoms with E-state index in [0.29, 0.717) is 50.7 Å². The first-order valence-electron chi connectivity index (χ1n) is 9.71. The maximum absolute atomic E-state index is 13.6. The third kappa shape index (κ3) is 3.73. The third-order valence-corrected chi connectivity index (χ3v) is 5.15. The first kappa shape index (κ1) is 21.2. The molecule has 164 valence electrons. The van der Waals surface area contributed by atoms with Crippen molar-refractivity contribution in [3.05, 3.63) is 66.0 Å². The average Bonchev–Trinajstić information content (AvgIpc) is 3.22. The summed E-state index contributed by atoms with van der Waals surface area (Å²) in [5, 5.41) is 0.535. The molecule has 3 aromatic carbocycles. The van der Waals surface area contributed by atoms with E-state index < -0.39 is 5.97 Å². The lowest BCUT2D eigenvalue weighted by molar-refractivity contribution is 0.0602. The van der Waals surface area contributed by atoms with Crippen LogP contribution in [0.2, 0.25) is 0 Å². The van der Waals surface area contributed by atoms with Crippen LogP contribution in [0.15, 0.2) is 59.0 Å². The first-order chi connectivity index (χ1) is 15.5. The van der Waals surface area contributed by atoms with Crippen molar-refractivity contribution in [3.8, 4) is 39.7 Å². The number of carbonyl (C=O) groups excluding carboxylic acids is 1. The molecular weight excluding hydrogens is 415 g/mol. The van der Waals surface area contributed by atoms with E-state index in [2.05, 4.69) is 0 Å². The fraction of sp³-hybridized carbons (Fsp3) is 0.160. The van der Waals surface area contributed by atoms with E-state index in [9.17, 15) is 9.18 Å². The fourth-order valence-electron chi connectivity index (χ4n) is 3.62. The zero-order valence-electron chi connectivity index (χ0n) is 18.0. The van der Waals surface area contributed by atoms with E-state index in [1.54, 1.807) is 44.6 Å². The molecule has 0 saturated carbocycles. The normalized spacial score (nSPS) is 10.8. The number of rotatable bonds is 6. The van der Waals surface area contributed by atoms with Crippen molar-refractivity contribution in [2.75, 3.05) is 28.4 Å². The van der Waals surface area contributed by atoms with Crippen LogP contribution in [-0.2, 0) is 4.74 Å². The summed E-state index contributed by atoms with van der Waals surface area (Å²) in [5.41, 5.74) is 2.63. The Kier molecular flexibility index (Phi) is 5.73. The van der Waals surface area contributed by atoms with Crippen LogP contribution in [-0.4, -0.2) is 34.4 Å². The van der Waals surface area contributed by atoms with E-state index in [0.717, 1.165) is 0 Å². The topological polar surface area (TPSA) is 67.1 Å². The van der Waals surface area contributed by atoms with Gasteiger partial charge >= 0.3 is 5.97 Å². The Balaban J connectivity index is 2.14. The van der Waals surface area contributed by atoms with Crippen molar-refractivity contribution in [2.24, 2.45) is 0 Å². The monoisotopic (exact) mass is 436 g/mol. The molecule has 0 unspecified atom stereocenters. The second kappa shape index (κ2) is 8.63. The summed E-state index contributed by atoms with van der Waals surface area (Å²) in [4.78, 5) is 12.7. The molecule has 0 saturated heterocycles. The van der Waals surface area contributed by atoms with Gasteiger partial charge in [-0.25, -0.2) is 9.18 Å². The molecule has 0 aliphatic rings. The molecular formula is C25H21FO6. The number of ether oxygens (including phenoxy) is 4. The number of carbonyl (C=O) groups is 1. The minimum Gasteiger partial charge on any atom is -0.497 e. The predicted molar refractivity (Wildman–Crippen MR) is 118 cm³/mol. The van der Waals surface area contributed by atoms with E-state index in [-0.39, 0.29) is 11.4 Å². The number of benzene rings is 3. The van der Waals surface area contributed by atoms with Gasteiger partial charge in [0.1, 0.15) is 34.4 Å². The molecule has 1 aromatic heterocycles. The minimum absolute atomic E-state index is 0.274. The van der Waals surface area contributed by atoms with Crippen LogP contribution in [0, 0.1) is 5.82 Å². The molecule has 0 N–H and O–H groups in total. The fourth-order valence-corrected chi connectivity index (χ4v) is 3.62. The predicted octanol–water partition coefficient (Wildman–Crippen LogP) is 5.72. The van der Waals surface area contributed by atoms with Crippen LogP contribution in [0.3, 0.4) is 0 Å². The highest BCUT2D eigenvalue weighted by Gasteiger charge is 2.25. The minimum atomic E-state index is -0.545. The number of hydrogen-bond donors (Lipinski definition) is 0. The Morgan fingerprint density at radius 2 is 1.38 bits per heavy atom. The summed E-state index contributed by atoms with van der Waals surface area (Å²) < 4.78 is 41.0. The largest absolute Gasteiger partial charge is 0.497 e. The second-order valence-corrected chi connectivity index (χ2v) is 6.95. The Morgan fingerprint density at radius 1 is 0.781 bits per heavy atom. The number of hydrogen-bond acceptors (Lipinski definition) is 6. The molecule has 32 heavy (non-hydrogen) atoms. The molecule has 0 spiro atoms. The van der Waals surface area contributed by atoms with Crippen LogP contribution in [0.25, 0.3) is 33.4 Å². The van der Waals surface area contributed by atoms with Crippen LogP contribution in [0.1, 0.15) is 10.4 Å². The highest BCUT2D eigenvalue weighted by atomic mass is 19.1. The molecule has 6 nitrogen and oxygen atoms in total. The molecule has 0 aliphatic heterocycles. The summed E-state index contributed by atoms with van der Waals surface area (Å²) in [7, 11) is 5.91. The van der Waals surface area contributed by atoms with Gasteiger partial charge in [-0.2, -0.15) is 0 Å². The summed E-state index contributed by atoms with van der Waals surface area (Å²) in [6.45, 7) is 0. The maximum atomic E-state index is 13.6. The lowest BCUT2D eigenvalue weighted by Gasteiger charge is -2.11. The van der Waals surface area contributed by atoms with Gasteiger partial charge < -0.3 is 23.4 Å². The number of halogens is 1. The molecule has 0 atom stereocenters. The highest BCUT2D eigenvalue weighted by molar-refractivity contribution is 6.13. The van der Waals surface area contributed by atoms with Gasteiger partial charge in [-0.3, -0.25) is 0 Å². The molecule has 0 radical (unpaired) electrons. The van der Waals surface area contributed by atoms with Gasteiger partial charge in [-0.1, -0.05) is 0 Å². The Labute approximate surface area is 184 Å². The van der Waals surface area contributed by atoms with E-state index >= 15 is 0 Å². The molecule has 0 fully saturated rings. The lowest BCUT2D eigenvalue weighted by Crippen LogP contribution is -2.03. The third-order valence-electron chi connectivity index (χ3n) is 5.15. The average molecular weight is 436 g/mol. The smallest absolute Gasteiger partial charge is 0.338 e. The van der Waals surface area contributed by atoms with Gasteiger partial charge in [-0.05, 0) is 48.0 Å². The molecule has 0 amide bonds. The van der Waals surface area contributed by atoms with E-state index in [1.807, 2.05) is 12.1 Å². The van der Waals surface area contributed by atoms with Gasteiger partial charge in [0, 0.05) is 28.6 Å². The van der Waals surface area contributed by atoms with Crippen molar-refractivity contribution in [2.45, 2.75) is 0 Å². The number of methoxy groups -OCH3 is 4. The number of esters is 1. The van der Waals surface area contributed by atoms with Crippen LogP contribution in [0.5, 0.6) is 17.2 Å². The van der Waals surface area contributed by atoms with Crippen LogP contribution in [0.4, 0.5) is 4.39 Å². The summed E-state index contributed by atoms with van der Waals surface area (Å²) in [6, 6.07) is 14.6. The highest BCUT2D eigenvalue weighted by Crippen LogP contribution is 2.45. The Bertz CT molecular complexity index is 1270. The molecule has 4 aromatic rings. The lowest BCUT2D eigenvalue weighted by atomic mass is 9.95. The van der Waals surface area contributed by atoms with Crippen LogP contribution < -0.4 is 14.2 Å². The van der Waals surface area contributed by atoms with Crippen molar-refractivity contribution in [1.29, 1.82) is 0 Å². The molecule has 0 bridgehead atoms. The van der Waals surface area contributed by atoms with Crippen LogP contribution >= 0.6 is 0 Å². The van der Waals surface area contributed by atoms with Crippen molar-refractivity contribution in [3.63, 3.8) is 0 Å². The van der Waals surface area contributed by atoms with E-state index in [1.165, 1.54) is 26.4 Å². The summed E-state index contributed by atoms with van der Waals surface area (Å²) in [6.07, 6.45) is 0. The number of furan rings is 1. The zero-order valence-corrected chi connectivity index (χ0v) is 18.0. The van der Waals surface area contributed by atoms with Gasteiger partial charge in [0.25, 0.3) is 0 Å². The molecule has 7 heteroatoms. The Hall–Kier alpha value is -4.00. The summed E-state index contributed by atoms with van der Waals surface area (Å²) >= 11 is 0. The molecule has 0 aliphatic carbocycles. The van der Waals surface area contributed by atoms with Gasteiger partial charge in [0.2, 0.25) is 0 Å². The van der Waals surface area contributed by atoms with E-state index in [4.69, 9.17) is 23.4 Å².